The quantitative estimate of drug-likeness (QED) is 0.203. The number of anilines is 2. The number of methoxy groups -OCH3 is 3. The van der Waals surface area contributed by atoms with Crippen molar-refractivity contribution < 1.29 is 52.7 Å². The lowest BCUT2D eigenvalue weighted by molar-refractivity contribution is -0.158. The number of nitrogens with two attached hydrogens (primary N) is 1. The van der Waals surface area contributed by atoms with E-state index in [2.05, 4.69) is 5.32 Å². The van der Waals surface area contributed by atoms with Gasteiger partial charge in [0, 0.05) is 45.3 Å². The number of nitrogen functional groups attached to an aromatic ring is 1. The second-order valence-electron chi connectivity index (χ2n) is 14.8. The molecule has 4 N–H and O–H groups in total. The standard InChI is InChI=1S/C40H51ClN4O11/c1-21-11-10-12-31(53-9)40(50)20-30(54-38(49)43-40)22(2)35-39(4,56-35)32(19-33(46)45(6)27-16-24(15-21)17-29(52-8)34(27)41)55-37(48)23(3)44(5)36(47)26-14-13-25(42)18-28(26)51-7/h10-14,16-18,22-23,30-32,35,50H,15,19-20,42H2,1-9H3,(H,43,49)/b12-10+,21-11+/t22-,23+,30+,31-,32-,35+,39+,40+/m1/s1. The van der Waals surface area contributed by atoms with Crippen LogP contribution in [0.2, 0.25) is 5.02 Å². The molecule has 5 rings (SSSR count). The van der Waals surface area contributed by atoms with E-state index in [4.69, 9.17) is 45.8 Å². The number of carbonyl (C=O) groups is 4. The number of hydrogen-bond acceptors (Lipinski definition) is 12. The largest absolute Gasteiger partial charge is 0.496 e. The zero-order valence-corrected chi connectivity index (χ0v) is 33.8. The average molecular weight is 799 g/mol. The zero-order chi connectivity index (χ0) is 41.3. The Balaban J connectivity index is 1.52. The maximum Gasteiger partial charge on any atom is 0.409 e. The van der Waals surface area contributed by atoms with Gasteiger partial charge in [0.25, 0.3) is 5.91 Å². The predicted molar refractivity (Wildman–Crippen MR) is 208 cm³/mol. The van der Waals surface area contributed by atoms with Crippen LogP contribution < -0.4 is 25.4 Å². The van der Waals surface area contributed by atoms with Crippen molar-refractivity contribution in [2.45, 2.75) is 88.7 Å². The highest BCUT2D eigenvalue weighted by Crippen LogP contribution is 2.49. The van der Waals surface area contributed by atoms with Gasteiger partial charge in [0.1, 0.15) is 46.5 Å². The Kier molecular flexibility index (Phi) is 12.6. The van der Waals surface area contributed by atoms with Crippen molar-refractivity contribution in [3.8, 4) is 11.5 Å². The number of fused-ring (bicyclic) bond motifs is 5. The minimum absolute atomic E-state index is 0.0732. The summed E-state index contributed by atoms with van der Waals surface area (Å²) in [5, 5.41) is 14.5. The van der Waals surface area contributed by atoms with Crippen molar-refractivity contribution in [3.05, 3.63) is 70.3 Å². The van der Waals surface area contributed by atoms with Crippen molar-refractivity contribution in [2.24, 2.45) is 5.92 Å². The molecule has 8 atom stereocenters. The van der Waals surface area contributed by atoms with E-state index >= 15 is 0 Å². The summed E-state index contributed by atoms with van der Waals surface area (Å²) in [5.41, 5.74) is 5.41. The van der Waals surface area contributed by atoms with Gasteiger partial charge in [-0.1, -0.05) is 42.3 Å². The van der Waals surface area contributed by atoms with E-state index in [1.807, 2.05) is 13.0 Å². The summed E-state index contributed by atoms with van der Waals surface area (Å²) in [6.07, 6.45) is 0.658. The molecular weight excluding hydrogens is 748 g/mol. The first-order valence-corrected chi connectivity index (χ1v) is 18.5. The zero-order valence-electron chi connectivity index (χ0n) is 33.1. The first kappa shape index (κ1) is 42.3. The number of halogens is 1. The van der Waals surface area contributed by atoms with Gasteiger partial charge in [0.15, 0.2) is 5.72 Å². The Bertz CT molecular complexity index is 1920. The number of likely N-dealkylation sites (N-methyl/N-ethyl adjacent to an activating group) is 1. The number of nitrogens with one attached hydrogen (secondary N) is 1. The van der Waals surface area contributed by atoms with Crippen molar-refractivity contribution in [2.75, 3.05) is 46.1 Å². The Labute approximate surface area is 331 Å². The van der Waals surface area contributed by atoms with Crippen LogP contribution in [-0.2, 0) is 35.0 Å². The number of nitrogens with zero attached hydrogens (tertiary/aromatic N) is 2. The van der Waals surface area contributed by atoms with Gasteiger partial charge in [-0.3, -0.25) is 14.9 Å². The van der Waals surface area contributed by atoms with E-state index in [0.29, 0.717) is 23.5 Å². The van der Waals surface area contributed by atoms with Crippen LogP contribution in [0, 0.1) is 5.92 Å². The molecule has 0 aliphatic carbocycles. The van der Waals surface area contributed by atoms with Crippen molar-refractivity contribution >= 4 is 46.9 Å². The predicted octanol–water partition coefficient (Wildman–Crippen LogP) is 4.42. The summed E-state index contributed by atoms with van der Waals surface area (Å²) in [6.45, 7) is 6.89. The maximum atomic E-state index is 14.2. The Morgan fingerprint density at radius 1 is 1.14 bits per heavy atom. The smallest absolute Gasteiger partial charge is 0.409 e. The van der Waals surface area contributed by atoms with Gasteiger partial charge in [0.05, 0.1) is 38.0 Å². The highest BCUT2D eigenvalue weighted by Gasteiger charge is 2.64. The summed E-state index contributed by atoms with van der Waals surface area (Å²) < 4.78 is 34.6. The van der Waals surface area contributed by atoms with Gasteiger partial charge in [-0.25, -0.2) is 9.59 Å². The van der Waals surface area contributed by atoms with Crippen LogP contribution >= 0.6 is 11.6 Å². The van der Waals surface area contributed by atoms with Crippen LogP contribution in [0.5, 0.6) is 11.5 Å². The van der Waals surface area contributed by atoms with E-state index in [1.54, 1.807) is 51.2 Å². The number of epoxide rings is 1. The molecule has 3 heterocycles. The topological polar surface area (TPSA) is 192 Å². The summed E-state index contributed by atoms with van der Waals surface area (Å²) in [6, 6.07) is 6.99. The molecule has 3 aliphatic heterocycles. The molecule has 2 saturated heterocycles. The molecule has 0 saturated carbocycles. The summed E-state index contributed by atoms with van der Waals surface area (Å²) in [5.74, 6) is -1.78. The third kappa shape index (κ3) is 8.60. The number of ether oxygens (including phenoxy) is 6. The Morgan fingerprint density at radius 3 is 2.50 bits per heavy atom. The molecule has 2 fully saturated rings. The van der Waals surface area contributed by atoms with Gasteiger partial charge in [-0.05, 0) is 57.0 Å². The monoisotopic (exact) mass is 798 g/mol. The molecule has 3 aliphatic rings. The molecular formula is C40H51ClN4O11. The summed E-state index contributed by atoms with van der Waals surface area (Å²) >= 11 is 6.77. The molecule has 3 amide bonds. The van der Waals surface area contributed by atoms with E-state index in [0.717, 1.165) is 11.1 Å². The van der Waals surface area contributed by atoms with Crippen LogP contribution in [0.4, 0.5) is 16.2 Å². The van der Waals surface area contributed by atoms with Gasteiger partial charge in [0.2, 0.25) is 5.91 Å². The fourth-order valence-electron chi connectivity index (χ4n) is 7.25. The SMILES string of the molecule is COc1cc(N)ccc1C(=O)N(C)[C@@H](C)C(=O)O[C@@H]1CC(=O)N(C)c2cc(cc(OC)c2Cl)C/C(C)=C/C=C/[C@@H](OC)[C@@]2(O)C[C@H](OC(=O)N2)[C@@H](C)[C@@H]2O[C@@]12C. The van der Waals surface area contributed by atoms with Crippen LogP contribution in [0.1, 0.15) is 56.5 Å². The summed E-state index contributed by atoms with van der Waals surface area (Å²) in [7, 11) is 7.31. The van der Waals surface area contributed by atoms with Gasteiger partial charge in [-0.2, -0.15) is 0 Å². The van der Waals surface area contributed by atoms with Gasteiger partial charge >= 0.3 is 12.1 Å². The minimum Gasteiger partial charge on any atom is -0.496 e. The first-order valence-electron chi connectivity index (χ1n) is 18.2. The van der Waals surface area contributed by atoms with Gasteiger partial charge in [-0.15, -0.1) is 0 Å². The lowest BCUT2D eigenvalue weighted by atomic mass is 9.83. The molecule has 56 heavy (non-hydrogen) atoms. The number of alkyl carbamates (subject to hydrolysis) is 1. The lowest BCUT2D eigenvalue weighted by Gasteiger charge is -2.42. The number of aliphatic hydroxyl groups is 1. The maximum absolute atomic E-state index is 14.2. The highest BCUT2D eigenvalue weighted by molar-refractivity contribution is 6.35. The normalized spacial score (nSPS) is 30.0. The molecule has 0 radical (unpaired) electrons. The van der Waals surface area contributed by atoms with Crippen LogP contribution in [0.15, 0.2) is 54.1 Å². The number of benzene rings is 2. The first-order chi connectivity index (χ1) is 26.4. The molecule has 0 spiro atoms. The molecule has 304 valence electrons. The van der Waals surface area contributed by atoms with E-state index in [9.17, 15) is 24.3 Å². The molecule has 4 bridgehead atoms. The molecule has 2 aromatic carbocycles. The van der Waals surface area contributed by atoms with Crippen LogP contribution in [-0.4, -0.2) is 111 Å². The number of allylic oxidation sites excluding steroid dienone is 3. The van der Waals surface area contributed by atoms with Crippen molar-refractivity contribution in [3.63, 3.8) is 0 Å². The van der Waals surface area contributed by atoms with Crippen LogP contribution in [0.3, 0.4) is 0 Å². The molecule has 0 unspecified atom stereocenters. The number of hydrogen-bond donors (Lipinski definition) is 3. The minimum atomic E-state index is -1.85. The summed E-state index contributed by atoms with van der Waals surface area (Å²) in [4.78, 5) is 57.2. The van der Waals surface area contributed by atoms with Gasteiger partial charge < -0.3 is 49.1 Å². The molecule has 16 heteroatoms. The van der Waals surface area contributed by atoms with Crippen molar-refractivity contribution in [1.29, 1.82) is 0 Å². The third-order valence-electron chi connectivity index (χ3n) is 10.9. The third-order valence-corrected chi connectivity index (χ3v) is 11.3. The fraction of sp³-hybridized carbons (Fsp3) is 0.500. The van der Waals surface area contributed by atoms with E-state index in [-0.39, 0.29) is 29.2 Å². The molecule has 15 nitrogen and oxygen atoms in total. The number of esters is 1. The molecule has 2 aromatic rings. The average Bonchev–Trinajstić information content (AvgIpc) is 3.86. The molecule has 0 aromatic heterocycles. The number of rotatable bonds is 7. The van der Waals surface area contributed by atoms with Crippen molar-refractivity contribution in [1.82, 2.24) is 10.2 Å². The highest BCUT2D eigenvalue weighted by atomic mass is 35.5. The Hall–Kier alpha value is -4.83. The Morgan fingerprint density at radius 2 is 1.84 bits per heavy atom. The fourth-order valence-corrected chi connectivity index (χ4v) is 7.57. The van der Waals surface area contributed by atoms with Crippen LogP contribution in [0.25, 0.3) is 0 Å². The number of amides is 3. The van der Waals surface area contributed by atoms with E-state index < -0.39 is 71.6 Å². The van der Waals surface area contributed by atoms with E-state index in [1.165, 1.54) is 57.2 Å². The lowest BCUT2D eigenvalue weighted by Crippen LogP contribution is -2.63. The second-order valence-corrected chi connectivity index (χ2v) is 15.2. The number of carbonyl (C=O) groups excluding carboxylic acids is 4. The second kappa shape index (κ2) is 16.7.